The molecule has 1 saturated heterocycles. The first kappa shape index (κ1) is 11.2. The lowest BCUT2D eigenvalue weighted by atomic mass is 10.3. The molecule has 1 fully saturated rings. The van der Waals surface area contributed by atoms with Gasteiger partial charge in [-0.2, -0.15) is 15.1 Å². The van der Waals surface area contributed by atoms with E-state index in [1.165, 1.54) is 0 Å². The van der Waals surface area contributed by atoms with Gasteiger partial charge in [0.1, 0.15) is 5.82 Å². The molecule has 3 heterocycles. The van der Waals surface area contributed by atoms with E-state index in [0.29, 0.717) is 11.6 Å². The van der Waals surface area contributed by atoms with E-state index in [4.69, 9.17) is 10.6 Å². The summed E-state index contributed by atoms with van der Waals surface area (Å²) in [6, 6.07) is 0. The van der Waals surface area contributed by atoms with Crippen molar-refractivity contribution in [1.82, 2.24) is 20.2 Å². The number of nitrogen functional groups attached to an aromatic ring is 1. The molecule has 0 aromatic carbocycles. The largest absolute Gasteiger partial charge is 0.380 e. The third-order valence-corrected chi connectivity index (χ3v) is 3.20. The van der Waals surface area contributed by atoms with Crippen molar-refractivity contribution in [3.8, 4) is 0 Å². The van der Waals surface area contributed by atoms with E-state index in [2.05, 4.69) is 30.5 Å². The Morgan fingerprint density at radius 2 is 2.44 bits per heavy atom. The Balaban J connectivity index is 2.02. The number of methoxy groups -OCH3 is 1. The molecule has 1 unspecified atom stereocenters. The SMILES string of the molecule is COC1CCN(c2nc(NN)nc3[nH]ncc23)C1. The van der Waals surface area contributed by atoms with E-state index >= 15 is 0 Å². The lowest BCUT2D eigenvalue weighted by Crippen LogP contribution is -2.24. The van der Waals surface area contributed by atoms with Crippen LogP contribution in [0.5, 0.6) is 0 Å². The second kappa shape index (κ2) is 4.39. The van der Waals surface area contributed by atoms with Gasteiger partial charge < -0.3 is 9.64 Å². The zero-order valence-electron chi connectivity index (χ0n) is 10.1. The molecule has 8 nitrogen and oxygen atoms in total. The topological polar surface area (TPSA) is 105 Å². The number of hydrogen-bond acceptors (Lipinski definition) is 7. The minimum absolute atomic E-state index is 0.246. The fourth-order valence-electron chi connectivity index (χ4n) is 2.24. The number of nitrogens with two attached hydrogens (primary N) is 1. The standard InChI is InChI=1S/C10H15N7O/c1-18-6-2-3-17(5-6)9-7-4-12-16-8(7)13-10(14-9)15-11/h4,6H,2-3,5,11H2,1H3,(H2,12,13,14,15,16). The highest BCUT2D eigenvalue weighted by atomic mass is 16.5. The second-order valence-corrected chi connectivity index (χ2v) is 4.24. The van der Waals surface area contributed by atoms with Gasteiger partial charge in [0.25, 0.3) is 0 Å². The molecule has 4 N–H and O–H groups in total. The molecular formula is C10H15N7O. The highest BCUT2D eigenvalue weighted by Gasteiger charge is 2.25. The van der Waals surface area contributed by atoms with Crippen LogP contribution in [0.25, 0.3) is 11.0 Å². The average molecular weight is 249 g/mol. The van der Waals surface area contributed by atoms with Gasteiger partial charge in [-0.15, -0.1) is 0 Å². The van der Waals surface area contributed by atoms with E-state index in [0.717, 1.165) is 30.7 Å². The van der Waals surface area contributed by atoms with E-state index in [1.54, 1.807) is 13.3 Å². The quantitative estimate of drug-likeness (QED) is 0.513. The Hall–Kier alpha value is -1.93. The van der Waals surface area contributed by atoms with Crippen LogP contribution in [0.3, 0.4) is 0 Å². The van der Waals surface area contributed by atoms with Crippen LogP contribution in [0, 0.1) is 0 Å². The molecule has 2 aromatic heterocycles. The molecule has 0 amide bonds. The zero-order chi connectivity index (χ0) is 12.5. The zero-order valence-corrected chi connectivity index (χ0v) is 10.1. The maximum absolute atomic E-state index is 5.38. The molecule has 8 heteroatoms. The fraction of sp³-hybridized carbons (Fsp3) is 0.500. The summed E-state index contributed by atoms with van der Waals surface area (Å²) in [6.45, 7) is 1.72. The fourth-order valence-corrected chi connectivity index (χ4v) is 2.24. The molecule has 3 rings (SSSR count). The van der Waals surface area contributed by atoms with Crippen molar-refractivity contribution in [2.75, 3.05) is 30.5 Å². The van der Waals surface area contributed by atoms with Crippen LogP contribution in [-0.4, -0.2) is 46.5 Å². The highest BCUT2D eigenvalue weighted by molar-refractivity contribution is 5.87. The molecule has 0 radical (unpaired) electrons. The van der Waals surface area contributed by atoms with Crippen molar-refractivity contribution in [2.24, 2.45) is 5.84 Å². The van der Waals surface area contributed by atoms with Crippen molar-refractivity contribution in [3.63, 3.8) is 0 Å². The number of aromatic nitrogens is 4. The van der Waals surface area contributed by atoms with Crippen LogP contribution in [0.1, 0.15) is 6.42 Å². The van der Waals surface area contributed by atoms with E-state index in [1.807, 2.05) is 0 Å². The Labute approximate surface area is 104 Å². The molecule has 0 bridgehead atoms. The number of ether oxygens (including phenoxy) is 1. The van der Waals surface area contributed by atoms with Gasteiger partial charge in [0.05, 0.1) is 17.7 Å². The summed E-state index contributed by atoms with van der Waals surface area (Å²) in [4.78, 5) is 10.8. The number of nitrogens with zero attached hydrogens (tertiary/aromatic N) is 4. The van der Waals surface area contributed by atoms with Gasteiger partial charge in [-0.1, -0.05) is 0 Å². The molecule has 2 aromatic rings. The minimum Gasteiger partial charge on any atom is -0.380 e. The van der Waals surface area contributed by atoms with Gasteiger partial charge in [0.15, 0.2) is 5.65 Å². The Morgan fingerprint density at radius 1 is 1.56 bits per heavy atom. The van der Waals surface area contributed by atoms with Crippen molar-refractivity contribution in [2.45, 2.75) is 12.5 Å². The highest BCUT2D eigenvalue weighted by Crippen LogP contribution is 2.27. The molecule has 0 spiro atoms. The number of nitrogens with one attached hydrogen (secondary N) is 2. The first-order chi connectivity index (χ1) is 8.81. The molecule has 0 aliphatic carbocycles. The van der Waals surface area contributed by atoms with Crippen molar-refractivity contribution in [1.29, 1.82) is 0 Å². The molecule has 1 aliphatic rings. The summed E-state index contributed by atoms with van der Waals surface area (Å²) in [7, 11) is 1.73. The monoisotopic (exact) mass is 249 g/mol. The first-order valence-corrected chi connectivity index (χ1v) is 5.77. The van der Waals surface area contributed by atoms with E-state index < -0.39 is 0 Å². The van der Waals surface area contributed by atoms with Gasteiger partial charge in [-0.25, -0.2) is 5.84 Å². The number of anilines is 2. The second-order valence-electron chi connectivity index (χ2n) is 4.24. The van der Waals surface area contributed by atoms with Gasteiger partial charge in [0, 0.05) is 20.2 Å². The minimum atomic E-state index is 0.246. The molecule has 96 valence electrons. The number of H-pyrrole nitrogens is 1. The maximum Gasteiger partial charge on any atom is 0.241 e. The summed E-state index contributed by atoms with van der Waals surface area (Å²) in [5.41, 5.74) is 3.14. The van der Waals surface area contributed by atoms with E-state index in [-0.39, 0.29) is 6.10 Å². The van der Waals surface area contributed by atoms with Crippen LogP contribution in [0.15, 0.2) is 6.20 Å². The lowest BCUT2D eigenvalue weighted by molar-refractivity contribution is 0.121. The summed E-state index contributed by atoms with van der Waals surface area (Å²) in [5.74, 6) is 6.59. The normalized spacial score (nSPS) is 19.7. The van der Waals surface area contributed by atoms with Gasteiger partial charge in [-0.05, 0) is 6.42 Å². The summed E-state index contributed by atoms with van der Waals surface area (Å²) < 4.78 is 5.36. The van der Waals surface area contributed by atoms with Crippen LogP contribution >= 0.6 is 0 Å². The molecule has 18 heavy (non-hydrogen) atoms. The van der Waals surface area contributed by atoms with Gasteiger partial charge in [0.2, 0.25) is 5.95 Å². The number of hydrogen-bond donors (Lipinski definition) is 3. The van der Waals surface area contributed by atoms with Crippen molar-refractivity contribution < 1.29 is 4.74 Å². The maximum atomic E-state index is 5.38. The number of hydrazine groups is 1. The van der Waals surface area contributed by atoms with Crippen LogP contribution in [0.2, 0.25) is 0 Å². The lowest BCUT2D eigenvalue weighted by Gasteiger charge is -2.18. The third-order valence-electron chi connectivity index (χ3n) is 3.20. The molecule has 1 atom stereocenters. The first-order valence-electron chi connectivity index (χ1n) is 5.77. The average Bonchev–Trinajstić information content (AvgIpc) is 3.05. The number of aromatic amines is 1. The Morgan fingerprint density at radius 3 is 3.17 bits per heavy atom. The van der Waals surface area contributed by atoms with E-state index in [9.17, 15) is 0 Å². The van der Waals surface area contributed by atoms with Crippen molar-refractivity contribution in [3.05, 3.63) is 6.20 Å². The number of rotatable bonds is 3. The van der Waals surface area contributed by atoms with Crippen LogP contribution in [0.4, 0.5) is 11.8 Å². The molecular weight excluding hydrogens is 234 g/mol. The Kier molecular flexibility index (Phi) is 2.73. The number of fused-ring (bicyclic) bond motifs is 1. The smallest absolute Gasteiger partial charge is 0.241 e. The van der Waals surface area contributed by atoms with Gasteiger partial charge >= 0.3 is 0 Å². The van der Waals surface area contributed by atoms with Crippen LogP contribution in [-0.2, 0) is 4.74 Å². The summed E-state index contributed by atoms with van der Waals surface area (Å²) >= 11 is 0. The molecule has 0 saturated carbocycles. The van der Waals surface area contributed by atoms with Gasteiger partial charge in [-0.3, -0.25) is 10.5 Å². The van der Waals surface area contributed by atoms with Crippen LogP contribution < -0.4 is 16.2 Å². The molecule has 1 aliphatic heterocycles. The summed E-state index contributed by atoms with van der Waals surface area (Å²) in [6.07, 6.45) is 2.97. The van der Waals surface area contributed by atoms with Crippen molar-refractivity contribution >= 4 is 22.8 Å². The predicted octanol–water partition coefficient (Wildman–Crippen LogP) is -0.136. The predicted molar refractivity (Wildman–Crippen MR) is 67.1 cm³/mol. The third kappa shape index (κ3) is 1.75. The summed E-state index contributed by atoms with van der Waals surface area (Å²) in [5, 5.41) is 7.72. The Bertz CT molecular complexity index is 554.